The van der Waals surface area contributed by atoms with Crippen LogP contribution in [0.25, 0.3) is 0 Å². The van der Waals surface area contributed by atoms with Crippen molar-refractivity contribution in [2.45, 2.75) is 30.8 Å². The van der Waals surface area contributed by atoms with E-state index in [1.54, 1.807) is 0 Å². The molecule has 0 bridgehead atoms. The van der Waals surface area contributed by atoms with E-state index in [4.69, 9.17) is 5.73 Å². The van der Waals surface area contributed by atoms with Crippen LogP contribution < -0.4 is 5.73 Å². The fraction of sp³-hybridized carbons (Fsp3) is 0.714. The number of carbonyl (C=O) groups excluding carboxylic acids is 2. The van der Waals surface area contributed by atoms with E-state index < -0.39 is 26.2 Å². The van der Waals surface area contributed by atoms with E-state index in [0.717, 1.165) is 0 Å². The van der Waals surface area contributed by atoms with Crippen LogP contribution in [0.15, 0.2) is 0 Å². The first-order chi connectivity index (χ1) is 5.84. The SMILES string of the molecule is CC(C)S(=O)(=O)C(CC=O)C(N)=O. The Morgan fingerprint density at radius 3 is 2.15 bits per heavy atom. The molecular weight excluding hydrogens is 194 g/mol. The minimum atomic E-state index is -3.61. The molecule has 0 aliphatic heterocycles. The van der Waals surface area contributed by atoms with Gasteiger partial charge in [-0.1, -0.05) is 0 Å². The number of hydrogen-bond donors (Lipinski definition) is 1. The predicted octanol–water partition coefficient (Wildman–Crippen LogP) is -0.747. The molecule has 0 aromatic rings. The molecule has 0 saturated carbocycles. The number of nitrogens with two attached hydrogens (primary N) is 1. The van der Waals surface area contributed by atoms with Gasteiger partial charge in [-0.05, 0) is 13.8 Å². The summed E-state index contributed by atoms with van der Waals surface area (Å²) >= 11 is 0. The largest absolute Gasteiger partial charge is 0.369 e. The summed E-state index contributed by atoms with van der Waals surface area (Å²) in [5, 5.41) is -2.09. The lowest BCUT2D eigenvalue weighted by Gasteiger charge is -2.14. The molecule has 5 nitrogen and oxygen atoms in total. The van der Waals surface area contributed by atoms with Gasteiger partial charge in [0.15, 0.2) is 9.84 Å². The molecule has 76 valence electrons. The van der Waals surface area contributed by atoms with Crippen LogP contribution >= 0.6 is 0 Å². The van der Waals surface area contributed by atoms with E-state index in [1.807, 2.05) is 0 Å². The minimum Gasteiger partial charge on any atom is -0.369 e. The maximum Gasteiger partial charge on any atom is 0.236 e. The van der Waals surface area contributed by atoms with Crippen molar-refractivity contribution < 1.29 is 18.0 Å². The number of carbonyl (C=O) groups is 2. The lowest BCUT2D eigenvalue weighted by Crippen LogP contribution is -2.39. The van der Waals surface area contributed by atoms with Crippen LogP contribution in [0, 0.1) is 0 Å². The highest BCUT2D eigenvalue weighted by Gasteiger charge is 2.32. The molecule has 0 aromatic heterocycles. The molecule has 0 aliphatic rings. The number of rotatable bonds is 5. The standard InChI is InChI=1S/C7H13NO4S/c1-5(2)13(11,12)6(3-4-9)7(8)10/h4-6H,3H2,1-2H3,(H2,8,10). The van der Waals surface area contributed by atoms with Crippen molar-refractivity contribution in [3.63, 3.8) is 0 Å². The zero-order chi connectivity index (χ0) is 10.6. The van der Waals surface area contributed by atoms with Crippen LogP contribution in [0.5, 0.6) is 0 Å². The number of aldehydes is 1. The van der Waals surface area contributed by atoms with E-state index >= 15 is 0 Å². The Morgan fingerprint density at radius 2 is 1.92 bits per heavy atom. The summed E-state index contributed by atoms with van der Waals surface area (Å²) in [7, 11) is -3.61. The van der Waals surface area contributed by atoms with Gasteiger partial charge in [-0.15, -0.1) is 0 Å². The maximum atomic E-state index is 11.4. The van der Waals surface area contributed by atoms with Gasteiger partial charge >= 0.3 is 0 Å². The van der Waals surface area contributed by atoms with Crippen molar-refractivity contribution in [2.75, 3.05) is 0 Å². The monoisotopic (exact) mass is 207 g/mol. The number of hydrogen-bond acceptors (Lipinski definition) is 4. The Kier molecular flexibility index (Phi) is 4.06. The molecule has 1 atom stereocenters. The smallest absolute Gasteiger partial charge is 0.236 e. The number of amides is 1. The molecule has 0 aromatic carbocycles. The summed E-state index contributed by atoms with van der Waals surface area (Å²) in [6.45, 7) is 2.88. The van der Waals surface area contributed by atoms with Crippen LogP contribution in [0.4, 0.5) is 0 Å². The van der Waals surface area contributed by atoms with Crippen molar-refractivity contribution >= 4 is 22.0 Å². The van der Waals surface area contributed by atoms with Crippen LogP contribution in [-0.2, 0) is 19.4 Å². The molecule has 0 heterocycles. The highest BCUT2D eigenvalue weighted by Crippen LogP contribution is 2.11. The Labute approximate surface area is 77.2 Å². The fourth-order valence-corrected chi connectivity index (χ4v) is 2.16. The van der Waals surface area contributed by atoms with Crippen LogP contribution in [0.3, 0.4) is 0 Å². The van der Waals surface area contributed by atoms with Gasteiger partial charge in [-0.25, -0.2) is 8.42 Å². The summed E-state index contributed by atoms with van der Waals surface area (Å²) < 4.78 is 22.8. The summed E-state index contributed by atoms with van der Waals surface area (Å²) in [5.41, 5.74) is 4.87. The summed E-state index contributed by atoms with van der Waals surface area (Å²) in [6.07, 6.45) is 0.0191. The zero-order valence-corrected chi connectivity index (χ0v) is 8.37. The van der Waals surface area contributed by atoms with Gasteiger partial charge in [0, 0.05) is 6.42 Å². The molecule has 2 N–H and O–H groups in total. The van der Waals surface area contributed by atoms with Gasteiger partial charge in [-0.2, -0.15) is 0 Å². The third-order valence-electron chi connectivity index (χ3n) is 1.68. The van der Waals surface area contributed by atoms with Gasteiger partial charge < -0.3 is 10.5 Å². The molecular formula is C7H13NO4S. The van der Waals surface area contributed by atoms with Gasteiger partial charge in [0.25, 0.3) is 0 Å². The first kappa shape index (κ1) is 12.1. The molecule has 1 amide bonds. The number of primary amides is 1. The molecule has 1 unspecified atom stereocenters. The normalized spacial score (nSPS) is 14.1. The van der Waals surface area contributed by atoms with E-state index in [0.29, 0.717) is 6.29 Å². The summed E-state index contributed by atoms with van der Waals surface area (Å²) in [5.74, 6) is -0.971. The van der Waals surface area contributed by atoms with Gasteiger partial charge in [0.05, 0.1) is 5.25 Å². The Hall–Kier alpha value is -0.910. The van der Waals surface area contributed by atoms with Gasteiger partial charge in [-0.3, -0.25) is 4.79 Å². The molecule has 0 rings (SSSR count). The van der Waals surface area contributed by atoms with E-state index in [-0.39, 0.29) is 6.42 Å². The fourth-order valence-electron chi connectivity index (χ4n) is 0.828. The number of sulfone groups is 1. The van der Waals surface area contributed by atoms with Crippen molar-refractivity contribution in [2.24, 2.45) is 5.73 Å². The highest BCUT2D eigenvalue weighted by atomic mass is 32.2. The van der Waals surface area contributed by atoms with Crippen LogP contribution in [-0.4, -0.2) is 31.1 Å². The average molecular weight is 207 g/mol. The third kappa shape index (κ3) is 2.80. The highest BCUT2D eigenvalue weighted by molar-refractivity contribution is 7.93. The average Bonchev–Trinajstić information content (AvgIpc) is 1.98. The van der Waals surface area contributed by atoms with E-state index in [1.165, 1.54) is 13.8 Å². The van der Waals surface area contributed by atoms with E-state index in [9.17, 15) is 18.0 Å². The second-order valence-corrected chi connectivity index (χ2v) is 5.62. The molecule has 0 radical (unpaired) electrons. The second-order valence-electron chi connectivity index (χ2n) is 2.93. The zero-order valence-electron chi connectivity index (χ0n) is 7.56. The predicted molar refractivity (Wildman–Crippen MR) is 47.7 cm³/mol. The first-order valence-electron chi connectivity index (χ1n) is 3.79. The molecule has 13 heavy (non-hydrogen) atoms. The molecule has 0 saturated heterocycles. The van der Waals surface area contributed by atoms with Crippen molar-refractivity contribution in [1.82, 2.24) is 0 Å². The Bertz CT molecular complexity index is 294. The molecule has 6 heteroatoms. The first-order valence-corrected chi connectivity index (χ1v) is 5.40. The molecule has 0 aliphatic carbocycles. The molecule has 0 spiro atoms. The van der Waals surface area contributed by atoms with Crippen LogP contribution in [0.2, 0.25) is 0 Å². The third-order valence-corrected chi connectivity index (χ3v) is 4.21. The Morgan fingerprint density at radius 1 is 1.46 bits per heavy atom. The van der Waals surface area contributed by atoms with Crippen molar-refractivity contribution in [3.05, 3.63) is 0 Å². The second kappa shape index (κ2) is 4.36. The van der Waals surface area contributed by atoms with Crippen molar-refractivity contribution in [3.8, 4) is 0 Å². The van der Waals surface area contributed by atoms with Crippen molar-refractivity contribution in [1.29, 1.82) is 0 Å². The van der Waals surface area contributed by atoms with Gasteiger partial charge in [0.2, 0.25) is 5.91 Å². The van der Waals surface area contributed by atoms with Crippen LogP contribution in [0.1, 0.15) is 20.3 Å². The molecule has 0 fully saturated rings. The quantitative estimate of drug-likeness (QED) is 0.600. The lowest BCUT2D eigenvalue weighted by atomic mass is 10.3. The van der Waals surface area contributed by atoms with Gasteiger partial charge in [0.1, 0.15) is 11.5 Å². The summed E-state index contributed by atoms with van der Waals surface area (Å²) in [4.78, 5) is 20.8. The Balaban J connectivity index is 4.95. The maximum absolute atomic E-state index is 11.4. The van der Waals surface area contributed by atoms with E-state index in [2.05, 4.69) is 0 Å². The minimum absolute atomic E-state index is 0.365. The topological polar surface area (TPSA) is 94.3 Å². The lowest BCUT2D eigenvalue weighted by molar-refractivity contribution is -0.119. The summed E-state index contributed by atoms with van der Waals surface area (Å²) in [6, 6.07) is 0.